The van der Waals surface area contributed by atoms with Gasteiger partial charge in [-0.2, -0.15) is 0 Å². The van der Waals surface area contributed by atoms with Crippen LogP contribution in [-0.2, 0) is 9.59 Å². The highest BCUT2D eigenvalue weighted by molar-refractivity contribution is 6.30. The summed E-state index contributed by atoms with van der Waals surface area (Å²) in [5.41, 5.74) is 0.429. The van der Waals surface area contributed by atoms with Gasteiger partial charge >= 0.3 is 6.03 Å². The molecule has 2 aromatic rings. The topological polar surface area (TPSA) is 87.7 Å². The van der Waals surface area contributed by atoms with Crippen molar-refractivity contribution >= 4 is 41.2 Å². The van der Waals surface area contributed by atoms with Crippen molar-refractivity contribution < 1.29 is 23.5 Å². The Morgan fingerprint density at radius 1 is 1.28 bits per heavy atom. The fourth-order valence-electron chi connectivity index (χ4n) is 2.69. The predicted molar refractivity (Wildman–Crippen MR) is 106 cm³/mol. The smallest absolute Gasteiger partial charge is 0.329 e. The summed E-state index contributed by atoms with van der Waals surface area (Å²) in [4.78, 5) is 37.6. The van der Waals surface area contributed by atoms with Crippen molar-refractivity contribution in [2.75, 3.05) is 18.5 Å². The first-order chi connectivity index (χ1) is 13.9. The molecule has 1 fully saturated rings. The summed E-state index contributed by atoms with van der Waals surface area (Å²) >= 11 is 6.00. The Labute approximate surface area is 171 Å². The fourth-order valence-corrected chi connectivity index (χ4v) is 2.87. The van der Waals surface area contributed by atoms with Crippen LogP contribution < -0.4 is 15.4 Å². The van der Waals surface area contributed by atoms with Crippen molar-refractivity contribution in [2.45, 2.75) is 6.92 Å². The molecule has 0 radical (unpaired) electrons. The normalized spacial score (nSPS) is 14.9. The molecule has 1 aliphatic heterocycles. The third kappa shape index (κ3) is 4.72. The summed E-state index contributed by atoms with van der Waals surface area (Å²) in [7, 11) is 0. The van der Waals surface area contributed by atoms with Gasteiger partial charge in [-0.05, 0) is 43.3 Å². The monoisotopic (exact) mass is 417 g/mol. The van der Waals surface area contributed by atoms with Gasteiger partial charge in [-0.15, -0.1) is 0 Å². The second kappa shape index (κ2) is 8.74. The molecule has 0 aliphatic carbocycles. The van der Waals surface area contributed by atoms with Crippen molar-refractivity contribution in [3.05, 3.63) is 64.6 Å². The number of carbonyl (C=O) groups excluding carboxylic acids is 3. The molecule has 2 N–H and O–H groups in total. The van der Waals surface area contributed by atoms with Crippen LogP contribution in [0.1, 0.15) is 12.5 Å². The predicted octanol–water partition coefficient (Wildman–Crippen LogP) is 3.41. The maximum absolute atomic E-state index is 13.6. The summed E-state index contributed by atoms with van der Waals surface area (Å²) in [6, 6.07) is 9.71. The number of anilines is 1. The molecule has 1 heterocycles. The van der Waals surface area contributed by atoms with Gasteiger partial charge in [0, 0.05) is 10.6 Å². The van der Waals surface area contributed by atoms with E-state index in [0.717, 1.165) is 4.90 Å². The number of amides is 4. The molecule has 9 heteroatoms. The Balaban J connectivity index is 1.76. The number of urea groups is 1. The zero-order chi connectivity index (χ0) is 21.0. The van der Waals surface area contributed by atoms with E-state index in [9.17, 15) is 18.8 Å². The summed E-state index contributed by atoms with van der Waals surface area (Å²) in [6.45, 7) is 1.65. The van der Waals surface area contributed by atoms with Crippen LogP contribution in [-0.4, -0.2) is 35.9 Å². The van der Waals surface area contributed by atoms with Crippen molar-refractivity contribution in [2.24, 2.45) is 0 Å². The van der Waals surface area contributed by atoms with Crippen molar-refractivity contribution in [3.8, 4) is 5.75 Å². The van der Waals surface area contributed by atoms with Gasteiger partial charge in [0.2, 0.25) is 5.91 Å². The van der Waals surface area contributed by atoms with Crippen LogP contribution in [0.5, 0.6) is 5.75 Å². The lowest BCUT2D eigenvalue weighted by atomic mass is 10.1. The quantitative estimate of drug-likeness (QED) is 0.557. The molecule has 0 spiro atoms. The van der Waals surface area contributed by atoms with Gasteiger partial charge in [0.05, 0.1) is 12.3 Å². The number of benzene rings is 2. The van der Waals surface area contributed by atoms with E-state index < -0.39 is 30.2 Å². The standard InChI is InChI=1S/C20H17ClFN3O4/c1-2-29-17-8-7-13(21)9-12(17)10-16-19(27)25(20(28)24-16)11-18(26)23-15-6-4-3-5-14(15)22/h3-10H,2,11H2,1H3,(H,23,26)(H,24,28)/b16-10+. The Kier molecular flexibility index (Phi) is 6.13. The molecular formula is C20H17ClFN3O4. The molecule has 0 aromatic heterocycles. The number of ether oxygens (including phenoxy) is 1. The lowest BCUT2D eigenvalue weighted by Gasteiger charge is -2.12. The molecular weight excluding hydrogens is 401 g/mol. The first-order valence-corrected chi connectivity index (χ1v) is 9.08. The van der Waals surface area contributed by atoms with E-state index in [1.54, 1.807) is 24.3 Å². The zero-order valence-corrected chi connectivity index (χ0v) is 16.1. The van der Waals surface area contributed by atoms with Crippen LogP contribution in [0.2, 0.25) is 5.02 Å². The van der Waals surface area contributed by atoms with Gasteiger partial charge in [-0.1, -0.05) is 23.7 Å². The number of hydrogen-bond donors (Lipinski definition) is 2. The number of nitrogens with one attached hydrogen (secondary N) is 2. The number of rotatable bonds is 6. The third-order valence-corrected chi connectivity index (χ3v) is 4.22. The number of carbonyl (C=O) groups is 3. The summed E-state index contributed by atoms with van der Waals surface area (Å²) in [5, 5.41) is 5.18. The first kappa shape index (κ1) is 20.3. The summed E-state index contributed by atoms with van der Waals surface area (Å²) < 4.78 is 19.1. The van der Waals surface area contributed by atoms with Crippen LogP contribution in [0.25, 0.3) is 6.08 Å². The van der Waals surface area contributed by atoms with Gasteiger partial charge in [0.25, 0.3) is 5.91 Å². The van der Waals surface area contributed by atoms with E-state index in [0.29, 0.717) is 22.9 Å². The van der Waals surface area contributed by atoms with Gasteiger partial charge < -0.3 is 15.4 Å². The maximum Gasteiger partial charge on any atom is 0.329 e. The largest absolute Gasteiger partial charge is 0.493 e. The Hall–Kier alpha value is -3.39. The van der Waals surface area contributed by atoms with E-state index in [2.05, 4.69) is 10.6 Å². The molecule has 1 aliphatic rings. The van der Waals surface area contributed by atoms with Gasteiger partial charge in [0.15, 0.2) is 0 Å². The number of hydrogen-bond acceptors (Lipinski definition) is 4. The van der Waals surface area contributed by atoms with Crippen LogP contribution >= 0.6 is 11.6 Å². The van der Waals surface area contributed by atoms with Crippen LogP contribution in [0.3, 0.4) is 0 Å². The van der Waals surface area contributed by atoms with E-state index >= 15 is 0 Å². The third-order valence-electron chi connectivity index (χ3n) is 3.98. The van der Waals surface area contributed by atoms with Gasteiger partial charge in [-0.3, -0.25) is 9.59 Å². The molecule has 1 saturated heterocycles. The molecule has 4 amide bonds. The lowest BCUT2D eigenvalue weighted by Crippen LogP contribution is -2.38. The molecule has 0 saturated carbocycles. The van der Waals surface area contributed by atoms with Crippen LogP contribution in [0.4, 0.5) is 14.9 Å². The van der Waals surface area contributed by atoms with Crippen molar-refractivity contribution in [3.63, 3.8) is 0 Å². The minimum atomic E-state index is -0.759. The minimum Gasteiger partial charge on any atom is -0.493 e. The van der Waals surface area contributed by atoms with Crippen molar-refractivity contribution in [1.82, 2.24) is 10.2 Å². The number of nitrogens with zero attached hydrogens (tertiary/aromatic N) is 1. The lowest BCUT2D eigenvalue weighted by molar-refractivity contribution is -0.127. The second-order valence-electron chi connectivity index (χ2n) is 6.02. The summed E-state index contributed by atoms with van der Waals surface area (Å²) in [5.74, 6) is -1.54. The average Bonchev–Trinajstić information content (AvgIpc) is 2.93. The SMILES string of the molecule is CCOc1ccc(Cl)cc1/C=C1/NC(=O)N(CC(=O)Nc2ccccc2F)C1=O. The van der Waals surface area contributed by atoms with Crippen LogP contribution in [0.15, 0.2) is 48.2 Å². The minimum absolute atomic E-state index is 0.0306. The van der Waals surface area contributed by atoms with Gasteiger partial charge in [-0.25, -0.2) is 14.1 Å². The zero-order valence-electron chi connectivity index (χ0n) is 15.4. The fraction of sp³-hybridized carbons (Fsp3) is 0.150. The van der Waals surface area contributed by atoms with Crippen molar-refractivity contribution in [1.29, 1.82) is 0 Å². The van der Waals surface area contributed by atoms with E-state index in [4.69, 9.17) is 16.3 Å². The molecule has 7 nitrogen and oxygen atoms in total. The molecule has 0 bridgehead atoms. The molecule has 0 atom stereocenters. The maximum atomic E-state index is 13.6. The number of imide groups is 1. The molecule has 29 heavy (non-hydrogen) atoms. The second-order valence-corrected chi connectivity index (χ2v) is 6.46. The number of para-hydroxylation sites is 1. The van der Waals surface area contributed by atoms with Crippen LogP contribution in [0, 0.1) is 5.82 Å². The first-order valence-electron chi connectivity index (χ1n) is 8.70. The number of halogens is 2. The van der Waals surface area contributed by atoms with E-state index in [1.807, 2.05) is 6.92 Å². The average molecular weight is 418 g/mol. The highest BCUT2D eigenvalue weighted by Gasteiger charge is 2.35. The Morgan fingerprint density at radius 2 is 2.03 bits per heavy atom. The molecule has 3 rings (SSSR count). The highest BCUT2D eigenvalue weighted by atomic mass is 35.5. The molecule has 2 aromatic carbocycles. The van der Waals surface area contributed by atoms with E-state index in [-0.39, 0.29) is 11.4 Å². The van der Waals surface area contributed by atoms with E-state index in [1.165, 1.54) is 24.3 Å². The Bertz CT molecular complexity index is 1010. The molecule has 0 unspecified atom stereocenters. The summed E-state index contributed by atoms with van der Waals surface area (Å²) in [6.07, 6.45) is 1.42. The Morgan fingerprint density at radius 3 is 2.76 bits per heavy atom. The highest BCUT2D eigenvalue weighted by Crippen LogP contribution is 2.26. The molecule has 150 valence electrons. The van der Waals surface area contributed by atoms with Gasteiger partial charge in [0.1, 0.15) is 23.8 Å².